The van der Waals surface area contributed by atoms with Crippen molar-refractivity contribution >= 4 is 29.1 Å². The molecule has 1 N–H and O–H groups in total. The number of ether oxygens (including phenoxy) is 3. The van der Waals surface area contributed by atoms with Crippen molar-refractivity contribution in [1.29, 1.82) is 0 Å². The van der Waals surface area contributed by atoms with Crippen molar-refractivity contribution in [3.05, 3.63) is 47.2 Å². The van der Waals surface area contributed by atoms with Crippen LogP contribution in [0.1, 0.15) is 12.8 Å². The number of rotatable bonds is 5. The van der Waals surface area contributed by atoms with Crippen molar-refractivity contribution in [2.75, 3.05) is 31.8 Å². The molecular weight excluding hydrogens is 415 g/mol. The van der Waals surface area contributed by atoms with Gasteiger partial charge in [0.15, 0.2) is 18.1 Å². The maximum atomic E-state index is 13.1. The van der Waals surface area contributed by atoms with Gasteiger partial charge in [-0.25, -0.2) is 4.39 Å². The minimum Gasteiger partial charge on any atom is -0.482 e. The molecule has 0 aliphatic carbocycles. The average molecular weight is 435 g/mol. The predicted octanol–water partition coefficient (Wildman–Crippen LogP) is 3.46. The molecule has 0 atom stereocenters. The molecule has 0 bridgehead atoms. The number of anilines is 1. The molecule has 1 saturated heterocycles. The number of hydrogen-bond donors (Lipinski definition) is 1. The number of carbonyl (C=O) groups excluding carboxylic acids is 2. The van der Waals surface area contributed by atoms with Crippen LogP contribution in [0, 0.1) is 11.7 Å². The Hall–Kier alpha value is -3.00. The zero-order chi connectivity index (χ0) is 21.1. The first-order valence-electron chi connectivity index (χ1n) is 9.56. The normalized spacial score (nSPS) is 15.7. The van der Waals surface area contributed by atoms with Crippen LogP contribution in [0.3, 0.4) is 0 Å². The van der Waals surface area contributed by atoms with Gasteiger partial charge in [-0.3, -0.25) is 9.59 Å². The lowest BCUT2D eigenvalue weighted by molar-refractivity contribution is -0.136. The summed E-state index contributed by atoms with van der Waals surface area (Å²) in [5.74, 6) is 0.565. The second-order valence-corrected chi connectivity index (χ2v) is 7.48. The van der Waals surface area contributed by atoms with Crippen LogP contribution >= 0.6 is 11.6 Å². The van der Waals surface area contributed by atoms with E-state index in [1.54, 1.807) is 23.1 Å². The van der Waals surface area contributed by atoms with E-state index in [2.05, 4.69) is 5.32 Å². The monoisotopic (exact) mass is 434 g/mol. The van der Waals surface area contributed by atoms with Crippen LogP contribution in [-0.2, 0) is 9.59 Å². The number of piperidine rings is 1. The first-order chi connectivity index (χ1) is 14.5. The van der Waals surface area contributed by atoms with Crippen LogP contribution in [0.15, 0.2) is 36.4 Å². The Morgan fingerprint density at radius 3 is 2.67 bits per heavy atom. The van der Waals surface area contributed by atoms with Crippen LogP contribution in [-0.4, -0.2) is 43.2 Å². The van der Waals surface area contributed by atoms with E-state index in [-0.39, 0.29) is 41.9 Å². The highest BCUT2D eigenvalue weighted by Crippen LogP contribution is 2.34. The Bertz CT molecular complexity index is 962. The zero-order valence-electron chi connectivity index (χ0n) is 16.0. The quantitative estimate of drug-likeness (QED) is 0.779. The molecule has 1 fully saturated rings. The van der Waals surface area contributed by atoms with Crippen molar-refractivity contribution in [3.63, 3.8) is 0 Å². The van der Waals surface area contributed by atoms with Crippen molar-refractivity contribution in [2.45, 2.75) is 12.8 Å². The smallest absolute Gasteiger partial charge is 0.260 e. The van der Waals surface area contributed by atoms with Gasteiger partial charge in [-0.05, 0) is 43.2 Å². The van der Waals surface area contributed by atoms with Gasteiger partial charge in [0.1, 0.15) is 11.6 Å². The summed E-state index contributed by atoms with van der Waals surface area (Å²) >= 11 is 5.90. The lowest BCUT2D eigenvalue weighted by Crippen LogP contribution is -2.43. The highest BCUT2D eigenvalue weighted by molar-refractivity contribution is 6.32. The van der Waals surface area contributed by atoms with Gasteiger partial charge in [0.05, 0.1) is 5.02 Å². The van der Waals surface area contributed by atoms with Crippen LogP contribution in [0.25, 0.3) is 0 Å². The molecule has 158 valence electrons. The summed E-state index contributed by atoms with van der Waals surface area (Å²) in [7, 11) is 0. The molecule has 0 unspecified atom stereocenters. The van der Waals surface area contributed by atoms with E-state index in [1.165, 1.54) is 12.1 Å². The van der Waals surface area contributed by atoms with Gasteiger partial charge in [-0.2, -0.15) is 0 Å². The molecule has 9 heteroatoms. The molecule has 2 heterocycles. The summed E-state index contributed by atoms with van der Waals surface area (Å²) in [4.78, 5) is 26.6. The number of likely N-dealkylation sites (tertiary alicyclic amines) is 1. The Balaban J connectivity index is 1.25. The van der Waals surface area contributed by atoms with Gasteiger partial charge in [-0.15, -0.1) is 0 Å². The molecule has 2 aliphatic rings. The third-order valence-electron chi connectivity index (χ3n) is 5.10. The van der Waals surface area contributed by atoms with Crippen LogP contribution in [0.5, 0.6) is 17.2 Å². The van der Waals surface area contributed by atoms with E-state index in [0.717, 1.165) is 6.07 Å². The molecule has 7 nitrogen and oxygen atoms in total. The van der Waals surface area contributed by atoms with Crippen LogP contribution < -0.4 is 19.5 Å². The molecule has 2 aliphatic heterocycles. The first kappa shape index (κ1) is 20.3. The lowest BCUT2D eigenvalue weighted by atomic mass is 9.95. The SMILES string of the molecule is O=C(Nc1ccc2c(c1)OCO2)C1CCN(C(=O)COc2ccc(F)cc2Cl)CC1. The van der Waals surface area contributed by atoms with Crippen molar-refractivity contribution in [1.82, 2.24) is 4.90 Å². The number of nitrogens with one attached hydrogen (secondary N) is 1. The van der Waals surface area contributed by atoms with Gasteiger partial charge in [0.25, 0.3) is 5.91 Å². The molecule has 0 spiro atoms. The van der Waals surface area contributed by atoms with E-state index in [9.17, 15) is 14.0 Å². The second-order valence-electron chi connectivity index (χ2n) is 7.08. The second kappa shape index (κ2) is 8.79. The summed E-state index contributed by atoms with van der Waals surface area (Å²) in [5.41, 5.74) is 0.646. The molecule has 2 amide bonds. The van der Waals surface area contributed by atoms with Gasteiger partial charge in [-0.1, -0.05) is 11.6 Å². The molecule has 4 rings (SSSR count). The van der Waals surface area contributed by atoms with Crippen molar-refractivity contribution in [3.8, 4) is 17.2 Å². The third kappa shape index (κ3) is 4.59. The van der Waals surface area contributed by atoms with Crippen LogP contribution in [0.4, 0.5) is 10.1 Å². The zero-order valence-corrected chi connectivity index (χ0v) is 16.8. The average Bonchev–Trinajstić information content (AvgIpc) is 3.21. The minimum absolute atomic E-state index is 0.0877. The fourth-order valence-electron chi connectivity index (χ4n) is 3.43. The molecule has 2 aromatic carbocycles. The van der Waals surface area contributed by atoms with Gasteiger partial charge >= 0.3 is 0 Å². The van der Waals surface area contributed by atoms with Gasteiger partial charge in [0, 0.05) is 30.8 Å². The summed E-state index contributed by atoms with van der Waals surface area (Å²) in [6, 6.07) is 8.99. The van der Waals surface area contributed by atoms with E-state index >= 15 is 0 Å². The Morgan fingerprint density at radius 2 is 1.90 bits per heavy atom. The number of amides is 2. The lowest BCUT2D eigenvalue weighted by Gasteiger charge is -2.31. The van der Waals surface area contributed by atoms with E-state index in [4.69, 9.17) is 25.8 Å². The molecule has 0 saturated carbocycles. The van der Waals surface area contributed by atoms with Gasteiger partial charge < -0.3 is 24.4 Å². The highest BCUT2D eigenvalue weighted by atomic mass is 35.5. The fourth-order valence-corrected chi connectivity index (χ4v) is 3.65. The first-order valence-corrected chi connectivity index (χ1v) is 9.93. The minimum atomic E-state index is -0.472. The molecule has 0 aromatic heterocycles. The number of carbonyl (C=O) groups is 2. The number of halogens is 2. The Morgan fingerprint density at radius 1 is 1.13 bits per heavy atom. The number of nitrogens with zero attached hydrogens (tertiary/aromatic N) is 1. The Labute approximate surface area is 177 Å². The summed E-state index contributed by atoms with van der Waals surface area (Å²) in [6.45, 7) is 0.896. The van der Waals surface area contributed by atoms with E-state index in [1.807, 2.05) is 0 Å². The number of hydrogen-bond acceptors (Lipinski definition) is 5. The van der Waals surface area contributed by atoms with Gasteiger partial charge in [0.2, 0.25) is 12.7 Å². The summed E-state index contributed by atoms with van der Waals surface area (Å²) in [6.07, 6.45) is 1.11. The Kier molecular flexibility index (Phi) is 5.94. The number of benzene rings is 2. The van der Waals surface area contributed by atoms with Crippen LogP contribution in [0.2, 0.25) is 5.02 Å². The predicted molar refractivity (Wildman–Crippen MR) is 107 cm³/mol. The third-order valence-corrected chi connectivity index (χ3v) is 5.40. The van der Waals surface area contributed by atoms with E-state index in [0.29, 0.717) is 43.1 Å². The largest absolute Gasteiger partial charge is 0.482 e. The molecule has 2 aromatic rings. The molecular formula is C21H20ClFN2O5. The maximum absolute atomic E-state index is 13.1. The topological polar surface area (TPSA) is 77.1 Å². The maximum Gasteiger partial charge on any atom is 0.260 e. The molecule has 0 radical (unpaired) electrons. The van der Waals surface area contributed by atoms with Crippen molar-refractivity contribution in [2.24, 2.45) is 5.92 Å². The summed E-state index contributed by atoms with van der Waals surface area (Å²) < 4.78 is 29.1. The number of fused-ring (bicyclic) bond motifs is 1. The van der Waals surface area contributed by atoms with E-state index < -0.39 is 5.82 Å². The van der Waals surface area contributed by atoms with Crippen molar-refractivity contribution < 1.29 is 28.2 Å². The standard InChI is InChI=1S/C21H20ClFN2O5/c22-16-9-14(23)1-3-17(16)28-11-20(26)25-7-5-13(6-8-25)21(27)24-15-2-4-18-19(10-15)30-12-29-18/h1-4,9-10,13H,5-8,11-12H2,(H,24,27). The summed E-state index contributed by atoms with van der Waals surface area (Å²) in [5, 5.41) is 3.01. The molecule has 30 heavy (non-hydrogen) atoms. The fraction of sp³-hybridized carbons (Fsp3) is 0.333. The highest BCUT2D eigenvalue weighted by Gasteiger charge is 2.28.